The Hall–Kier alpha value is -3.80. The summed E-state index contributed by atoms with van der Waals surface area (Å²) >= 11 is 5.64. The van der Waals surface area contributed by atoms with E-state index in [2.05, 4.69) is 10.6 Å². The lowest BCUT2D eigenvalue weighted by atomic mass is 10.1. The molecule has 1 aromatic rings. The minimum atomic E-state index is -1.23. The Balaban J connectivity index is 1.87. The molecule has 2 aliphatic heterocycles. The van der Waals surface area contributed by atoms with Gasteiger partial charge in [0.25, 0.3) is 17.7 Å². The molecule has 0 bridgehead atoms. The van der Waals surface area contributed by atoms with Gasteiger partial charge in [-0.3, -0.25) is 82.4 Å². The highest BCUT2D eigenvalue weighted by Crippen LogP contribution is 2.37. The highest BCUT2D eigenvalue weighted by atomic mass is 127. The van der Waals surface area contributed by atoms with E-state index in [-0.39, 0.29) is 204 Å². The molecule has 10 N–H and O–H groups in total. The first-order chi connectivity index (χ1) is 36.8. The van der Waals surface area contributed by atoms with Crippen LogP contribution in [0, 0.1) is 10.7 Å². The number of carbonyl (C=O) groups is 9. The van der Waals surface area contributed by atoms with Crippen LogP contribution in [0.2, 0.25) is 0 Å². The minimum Gasteiger partial charge on any atom is -0.480 e. The molecular formula is C46H72I3N11O18. The molecule has 3 rings (SSSR count). The number of halogens is 3. The summed E-state index contributed by atoms with van der Waals surface area (Å²) in [5, 5.41) is 85.7. The monoisotopic (exact) mass is 1450 g/mol. The fraction of sp³-hybridized carbons (Fsp3) is 0.674. The van der Waals surface area contributed by atoms with Crippen molar-refractivity contribution in [1.82, 2.24) is 49.8 Å². The van der Waals surface area contributed by atoms with Gasteiger partial charge >= 0.3 is 35.8 Å². The summed E-state index contributed by atoms with van der Waals surface area (Å²) in [5.74, 6) is -8.53. The standard InChI is InChI=1S/C46H72I3N11O18/c1-52(32(63)29-78-2)44-42(48)39(45(76)50-19-30(61)21-53-3-7-55(23-33(64)65)11-15-59(27-37(72)73)16-12-56(8-4-53)24-34(66)67)41(47)40(43(44)49)46(77)51-20-31(62)22-54-5-9-57(25-35(68)69)13-17-60(28-38(74)75)18-14-58(10-6-54)26-36(70)71/h30-31,61-62H,3-29H2,1-2H3,(H,50,76)(H,51,77)(H,64,65)(H,66,67)(H,68,69)(H,70,71)(H,72,73)(H,74,75). The third kappa shape index (κ3) is 24.9. The van der Waals surface area contributed by atoms with E-state index >= 15 is 0 Å². The molecule has 29 nitrogen and oxygen atoms in total. The molecule has 0 spiro atoms. The highest BCUT2D eigenvalue weighted by Gasteiger charge is 2.32. The van der Waals surface area contributed by atoms with E-state index in [4.69, 9.17) is 4.74 Å². The predicted octanol–water partition coefficient (Wildman–Crippen LogP) is -3.76. The topological polar surface area (TPSA) is 378 Å². The normalized spacial score (nSPS) is 18.2. The number of amides is 3. The zero-order valence-electron chi connectivity index (χ0n) is 43.6. The molecule has 2 heterocycles. The maximum Gasteiger partial charge on any atom is 0.317 e. The number of hydrogen-bond donors (Lipinski definition) is 10. The van der Waals surface area contributed by atoms with Crippen molar-refractivity contribution in [1.29, 1.82) is 0 Å². The summed E-state index contributed by atoms with van der Waals surface area (Å²) < 4.78 is 5.80. The lowest BCUT2D eigenvalue weighted by Gasteiger charge is -2.33. The smallest absolute Gasteiger partial charge is 0.317 e. The number of carbonyl (C=O) groups excluding carboxylic acids is 3. The Morgan fingerprint density at radius 3 is 0.897 bits per heavy atom. The van der Waals surface area contributed by atoms with E-state index < -0.39 is 65.7 Å². The number of aliphatic hydroxyl groups excluding tert-OH is 2. The molecule has 2 atom stereocenters. The number of anilines is 1. The van der Waals surface area contributed by atoms with Crippen LogP contribution >= 0.6 is 67.8 Å². The van der Waals surface area contributed by atoms with Crippen LogP contribution in [0.25, 0.3) is 0 Å². The number of ether oxygens (including phenoxy) is 1. The molecule has 2 fully saturated rings. The number of methoxy groups -OCH3 is 1. The van der Waals surface area contributed by atoms with E-state index in [0.717, 1.165) is 0 Å². The summed E-state index contributed by atoms with van der Waals surface area (Å²) in [7, 11) is 2.77. The number of carboxylic acid groups (broad SMARTS) is 6. The number of aliphatic carboxylic acids is 6. The van der Waals surface area contributed by atoms with Crippen molar-refractivity contribution < 1.29 is 88.7 Å². The summed E-state index contributed by atoms with van der Waals surface area (Å²) in [6.45, 7) is 0.127. The van der Waals surface area contributed by atoms with Gasteiger partial charge in [-0.15, -0.1) is 0 Å². The van der Waals surface area contributed by atoms with Crippen LogP contribution in [-0.2, 0) is 38.3 Å². The molecule has 2 unspecified atom stereocenters. The quantitative estimate of drug-likeness (QED) is 0.0420. The van der Waals surface area contributed by atoms with Crippen molar-refractivity contribution in [2.24, 2.45) is 0 Å². The molecule has 0 aromatic heterocycles. The summed E-state index contributed by atoms with van der Waals surface area (Å²) in [6, 6.07) is 0. The molecule has 3 amide bonds. The Labute approximate surface area is 492 Å². The number of benzene rings is 1. The van der Waals surface area contributed by atoms with Crippen LogP contribution in [0.3, 0.4) is 0 Å². The molecule has 440 valence electrons. The second-order valence-corrected chi connectivity index (χ2v) is 22.0. The number of β-amino-alcohol motifs (C(OH)–C–C–N with tert-alkyl or cyclic N) is 2. The number of carboxylic acids is 6. The Bertz CT molecular complexity index is 2040. The Morgan fingerprint density at radius 1 is 0.449 bits per heavy atom. The largest absolute Gasteiger partial charge is 0.480 e. The first-order valence-corrected chi connectivity index (χ1v) is 28.0. The fourth-order valence-electron chi connectivity index (χ4n) is 8.63. The van der Waals surface area contributed by atoms with Gasteiger partial charge in [0.1, 0.15) is 6.61 Å². The van der Waals surface area contributed by atoms with Crippen LogP contribution in [-0.4, -0.2) is 337 Å². The van der Waals surface area contributed by atoms with Gasteiger partial charge in [-0.05, 0) is 67.8 Å². The highest BCUT2D eigenvalue weighted by molar-refractivity contribution is 14.1. The number of rotatable bonds is 25. The van der Waals surface area contributed by atoms with Crippen molar-refractivity contribution in [3.05, 3.63) is 21.8 Å². The number of hydrogen-bond acceptors (Lipinski definition) is 20. The van der Waals surface area contributed by atoms with Crippen molar-refractivity contribution in [2.45, 2.75) is 12.2 Å². The predicted molar refractivity (Wildman–Crippen MR) is 304 cm³/mol. The second kappa shape index (κ2) is 35.1. The first kappa shape index (κ1) is 68.5. The summed E-state index contributed by atoms with van der Waals surface area (Å²) in [4.78, 5) is 127. The summed E-state index contributed by atoms with van der Waals surface area (Å²) in [6.07, 6.45) is -2.46. The second-order valence-electron chi connectivity index (χ2n) is 18.8. The third-order valence-corrected chi connectivity index (χ3v) is 15.9. The molecular weight excluding hydrogens is 1380 g/mol. The minimum absolute atomic E-state index is 0.0132. The molecule has 2 saturated heterocycles. The van der Waals surface area contributed by atoms with Crippen LogP contribution in [0.1, 0.15) is 20.7 Å². The van der Waals surface area contributed by atoms with Gasteiger partial charge in [0.15, 0.2) is 0 Å². The zero-order valence-corrected chi connectivity index (χ0v) is 50.0. The number of aliphatic hydroxyl groups is 2. The fourth-order valence-corrected chi connectivity index (χ4v) is 13.5. The molecule has 32 heteroatoms. The average Bonchev–Trinajstić information content (AvgIpc) is 3.33. The van der Waals surface area contributed by atoms with Gasteiger partial charge in [-0.2, -0.15) is 0 Å². The molecule has 1 aromatic carbocycles. The maximum absolute atomic E-state index is 14.3. The van der Waals surface area contributed by atoms with Gasteiger partial charge < -0.3 is 61.1 Å². The zero-order chi connectivity index (χ0) is 58.2. The lowest BCUT2D eigenvalue weighted by molar-refractivity contribution is -0.140. The van der Waals surface area contributed by atoms with Gasteiger partial charge in [-0.25, -0.2) is 0 Å². The Morgan fingerprint density at radius 2 is 0.679 bits per heavy atom. The van der Waals surface area contributed by atoms with E-state index in [9.17, 15) is 84.0 Å². The van der Waals surface area contributed by atoms with Crippen molar-refractivity contribution >= 4 is 127 Å². The van der Waals surface area contributed by atoms with Crippen molar-refractivity contribution in [2.75, 3.05) is 196 Å². The van der Waals surface area contributed by atoms with E-state index in [0.29, 0.717) is 0 Å². The van der Waals surface area contributed by atoms with Crippen LogP contribution in [0.4, 0.5) is 5.69 Å². The SMILES string of the molecule is COCC(=O)N(C)c1c(I)c(C(=O)NCC(O)CN2CCN(CC(=O)O)CCN(CC(=O)O)CCN(CC(=O)O)CC2)c(I)c(C(=O)NCC(O)CN2CCN(CC(=O)O)CCN(CC(=O)O)CCN(CC(=O)O)CC2)c1I. The van der Waals surface area contributed by atoms with Crippen molar-refractivity contribution in [3.8, 4) is 0 Å². The number of likely N-dealkylation sites (N-methyl/N-ethyl adjacent to an activating group) is 1. The third-order valence-electron chi connectivity index (χ3n) is 12.7. The summed E-state index contributed by atoms with van der Waals surface area (Å²) in [5.41, 5.74) is 0.168. The molecule has 0 saturated carbocycles. The lowest BCUT2D eigenvalue weighted by Crippen LogP contribution is -2.50. The van der Waals surface area contributed by atoms with E-state index in [1.165, 1.54) is 19.1 Å². The molecule has 78 heavy (non-hydrogen) atoms. The molecule has 2 aliphatic rings. The van der Waals surface area contributed by atoms with Gasteiger partial charge in [-0.1, -0.05) is 0 Å². The Kier molecular flexibility index (Phi) is 30.9. The van der Waals surface area contributed by atoms with E-state index in [1.54, 1.807) is 39.2 Å². The maximum atomic E-state index is 14.3. The van der Waals surface area contributed by atoms with Crippen LogP contribution in [0.15, 0.2) is 0 Å². The van der Waals surface area contributed by atoms with Crippen LogP contribution < -0.4 is 15.5 Å². The van der Waals surface area contributed by atoms with Crippen molar-refractivity contribution in [3.63, 3.8) is 0 Å². The molecule has 0 aliphatic carbocycles. The number of nitrogens with one attached hydrogen (secondary N) is 2. The molecule has 0 radical (unpaired) electrons. The van der Waals surface area contributed by atoms with Gasteiger partial charge in [0, 0.05) is 149 Å². The van der Waals surface area contributed by atoms with Gasteiger partial charge in [0.2, 0.25) is 0 Å². The number of nitrogens with zero attached hydrogens (tertiary/aromatic N) is 9. The average molecular weight is 1450 g/mol. The van der Waals surface area contributed by atoms with E-state index in [1.807, 2.05) is 67.8 Å². The first-order valence-electron chi connectivity index (χ1n) is 24.8. The van der Waals surface area contributed by atoms with Gasteiger partial charge in [0.05, 0.1) is 75.4 Å². The van der Waals surface area contributed by atoms with Crippen LogP contribution in [0.5, 0.6) is 0 Å².